The lowest BCUT2D eigenvalue weighted by Crippen LogP contribution is -2.56. The summed E-state index contributed by atoms with van der Waals surface area (Å²) in [5, 5.41) is 28.1. The summed E-state index contributed by atoms with van der Waals surface area (Å²) in [5.74, 6) is -2.75. The fourth-order valence-electron chi connectivity index (χ4n) is 5.79. The van der Waals surface area contributed by atoms with Crippen molar-refractivity contribution >= 4 is 23.9 Å². The Bertz CT molecular complexity index is 1440. The molecule has 3 aliphatic rings. The molecule has 5 atom stereocenters. The molecule has 4 unspecified atom stereocenters. The molecule has 2 fully saturated rings. The molecule has 0 spiro atoms. The van der Waals surface area contributed by atoms with Gasteiger partial charge in [0.2, 0.25) is 17.6 Å². The fourth-order valence-corrected chi connectivity index (χ4v) is 5.79. The van der Waals surface area contributed by atoms with E-state index in [9.17, 15) is 28.7 Å². The molecule has 2 aliphatic heterocycles. The third-order valence-electron chi connectivity index (χ3n) is 8.19. The van der Waals surface area contributed by atoms with Crippen molar-refractivity contribution in [2.75, 3.05) is 6.54 Å². The average molecular weight is 612 g/mol. The number of benzene rings is 1. The van der Waals surface area contributed by atoms with E-state index in [-0.39, 0.29) is 31.1 Å². The van der Waals surface area contributed by atoms with E-state index in [1.54, 1.807) is 20.8 Å². The Morgan fingerprint density at radius 1 is 1.16 bits per heavy atom. The summed E-state index contributed by atoms with van der Waals surface area (Å²) in [4.78, 5) is 55.6. The number of nitrogens with zero attached hydrogens (tertiary/aromatic N) is 5. The van der Waals surface area contributed by atoms with Crippen molar-refractivity contribution in [1.82, 2.24) is 35.7 Å². The highest BCUT2D eigenvalue weighted by molar-refractivity contribution is 5.96. The number of aliphatic carboxylic acids is 1. The van der Waals surface area contributed by atoms with Crippen LogP contribution < -0.4 is 10.6 Å². The predicted octanol–water partition coefficient (Wildman–Crippen LogP) is 2.99. The summed E-state index contributed by atoms with van der Waals surface area (Å²) in [5.41, 5.74) is -1.69. The van der Waals surface area contributed by atoms with Gasteiger partial charge in [0, 0.05) is 24.4 Å². The first kappa shape index (κ1) is 31.1. The topological polar surface area (TPSA) is 169 Å². The number of carboxylic acids is 1. The lowest BCUT2D eigenvalue weighted by Gasteiger charge is -2.30. The summed E-state index contributed by atoms with van der Waals surface area (Å²) in [6.07, 6.45) is 6.70. The van der Waals surface area contributed by atoms with Gasteiger partial charge in [-0.2, -0.15) is 4.80 Å². The van der Waals surface area contributed by atoms with E-state index in [0.717, 1.165) is 19.3 Å². The van der Waals surface area contributed by atoms with Gasteiger partial charge >= 0.3 is 12.1 Å². The van der Waals surface area contributed by atoms with Crippen LogP contribution in [0, 0.1) is 11.7 Å². The van der Waals surface area contributed by atoms with Crippen LogP contribution in [0.5, 0.6) is 0 Å². The maximum absolute atomic E-state index is 14.1. The number of amides is 3. The zero-order valence-corrected chi connectivity index (χ0v) is 25.0. The maximum atomic E-state index is 14.1. The number of alkyl carbamates (subject to hydrolysis) is 1. The Kier molecular flexibility index (Phi) is 8.71. The van der Waals surface area contributed by atoms with Crippen molar-refractivity contribution in [2.45, 2.75) is 95.0 Å². The number of carboxylic acid groups (broad SMARTS) is 1. The molecule has 13 nitrogen and oxygen atoms in total. The molecule has 5 rings (SSSR count). The Labute approximate surface area is 254 Å². The van der Waals surface area contributed by atoms with Crippen LogP contribution in [-0.2, 0) is 19.1 Å². The van der Waals surface area contributed by atoms with Gasteiger partial charge < -0.3 is 25.4 Å². The Balaban J connectivity index is 1.44. The zero-order chi connectivity index (χ0) is 31.6. The quantitative estimate of drug-likeness (QED) is 0.440. The van der Waals surface area contributed by atoms with E-state index in [1.807, 2.05) is 12.2 Å². The number of fused-ring (bicyclic) bond motifs is 2. The van der Waals surface area contributed by atoms with Gasteiger partial charge in [-0.3, -0.25) is 9.59 Å². The van der Waals surface area contributed by atoms with E-state index in [4.69, 9.17) is 4.74 Å². The first-order valence-corrected chi connectivity index (χ1v) is 14.9. The van der Waals surface area contributed by atoms with Crippen molar-refractivity contribution in [3.05, 3.63) is 42.2 Å². The number of halogens is 1. The molecule has 1 saturated heterocycles. The van der Waals surface area contributed by atoms with Gasteiger partial charge in [0.25, 0.3) is 0 Å². The summed E-state index contributed by atoms with van der Waals surface area (Å²) in [6.45, 7) is 5.18. The minimum atomic E-state index is -1.45. The first-order valence-electron chi connectivity index (χ1n) is 14.9. The lowest BCUT2D eigenvalue weighted by molar-refractivity contribution is -0.145. The largest absolute Gasteiger partial charge is 0.479 e. The number of carbonyl (C=O) groups is 4. The molecule has 1 saturated carbocycles. The van der Waals surface area contributed by atoms with Crippen LogP contribution in [0.4, 0.5) is 9.18 Å². The number of nitrogens with one attached hydrogen (secondary N) is 2. The predicted molar refractivity (Wildman–Crippen MR) is 154 cm³/mol. The molecule has 2 aromatic rings. The Hall–Kier alpha value is -4.36. The first-order chi connectivity index (χ1) is 20.9. The molecule has 14 heteroatoms. The lowest BCUT2D eigenvalue weighted by atomic mass is 10.0. The molecule has 3 amide bonds. The Morgan fingerprint density at radius 2 is 1.91 bits per heavy atom. The highest BCUT2D eigenvalue weighted by Crippen LogP contribution is 2.45. The van der Waals surface area contributed by atoms with Crippen LogP contribution in [0.2, 0.25) is 0 Å². The molecular formula is C30H38FN7O6. The summed E-state index contributed by atoms with van der Waals surface area (Å²) in [7, 11) is 0. The zero-order valence-electron chi connectivity index (χ0n) is 25.0. The molecule has 44 heavy (non-hydrogen) atoms. The second-order valence-electron chi connectivity index (χ2n) is 12.7. The van der Waals surface area contributed by atoms with Crippen molar-refractivity contribution in [3.8, 4) is 11.4 Å². The number of aromatic nitrogens is 4. The second kappa shape index (κ2) is 12.3. The number of hydrogen-bond donors (Lipinski definition) is 3. The summed E-state index contributed by atoms with van der Waals surface area (Å²) < 4.78 is 18.8. The minimum absolute atomic E-state index is 0.0199. The maximum Gasteiger partial charge on any atom is 0.408 e. The van der Waals surface area contributed by atoms with Crippen LogP contribution >= 0.6 is 0 Å². The molecule has 1 aliphatic carbocycles. The molecule has 0 radical (unpaired) electrons. The minimum Gasteiger partial charge on any atom is -0.479 e. The van der Waals surface area contributed by atoms with Crippen LogP contribution in [-0.4, -0.2) is 83.9 Å². The van der Waals surface area contributed by atoms with E-state index in [1.165, 1.54) is 34.0 Å². The average Bonchev–Trinajstić information content (AvgIpc) is 3.26. The third kappa shape index (κ3) is 6.89. The standard InChI is InChI=1S/C30H38FN7O6/c1-29(2,3)44-28(43)32-22-10-8-6-4-5-7-9-19-16-30(19,27(41)42)33-25(39)23-15-21(17-37(23)26(22)40)38-35-24(34-36-38)18-11-13-20(31)14-12-18/h7,9,11-14,19,21-23H,4-6,8,10,15-17H2,1-3H3,(H,32,43)(H,33,39)(H,41,42)/b9-7-/t19?,21-,22?,23?,30?/m1/s1. The highest BCUT2D eigenvalue weighted by atomic mass is 19.1. The molecule has 1 aromatic heterocycles. The SMILES string of the molecule is CC(C)(C)OC(=O)NC1CCCCC/C=C\C2CC2(C(=O)O)NC(=O)C2C[C@@H](n3nnc(-c4ccc(F)cc4)n3)CN2C1=O. The van der Waals surface area contributed by atoms with Crippen LogP contribution in [0.1, 0.15) is 71.8 Å². The van der Waals surface area contributed by atoms with Crippen molar-refractivity contribution in [1.29, 1.82) is 0 Å². The number of allylic oxidation sites excluding steroid dienone is 1. The van der Waals surface area contributed by atoms with Crippen LogP contribution in [0.3, 0.4) is 0 Å². The monoisotopic (exact) mass is 611 g/mol. The third-order valence-corrected chi connectivity index (χ3v) is 8.19. The number of ether oxygens (including phenoxy) is 1. The van der Waals surface area contributed by atoms with Gasteiger partial charge in [-0.15, -0.1) is 10.2 Å². The van der Waals surface area contributed by atoms with E-state index >= 15 is 0 Å². The summed E-state index contributed by atoms with van der Waals surface area (Å²) in [6, 6.07) is 3.00. The van der Waals surface area contributed by atoms with E-state index in [0.29, 0.717) is 18.4 Å². The van der Waals surface area contributed by atoms with Gasteiger partial charge in [-0.25, -0.2) is 14.0 Å². The Morgan fingerprint density at radius 3 is 2.61 bits per heavy atom. The molecule has 3 N–H and O–H groups in total. The van der Waals surface area contributed by atoms with E-state index < -0.39 is 59.0 Å². The summed E-state index contributed by atoms with van der Waals surface area (Å²) >= 11 is 0. The van der Waals surface area contributed by atoms with Crippen molar-refractivity contribution in [3.63, 3.8) is 0 Å². The van der Waals surface area contributed by atoms with Crippen molar-refractivity contribution < 1.29 is 33.4 Å². The molecule has 1 aromatic carbocycles. The number of carbonyl (C=O) groups excluding carboxylic acids is 3. The smallest absolute Gasteiger partial charge is 0.408 e. The normalized spacial score (nSPS) is 28.5. The molecule has 0 bridgehead atoms. The van der Waals surface area contributed by atoms with Gasteiger partial charge in [-0.05, 0) is 75.9 Å². The molecular weight excluding hydrogens is 573 g/mol. The number of tetrazole rings is 1. The van der Waals surface area contributed by atoms with Crippen LogP contribution in [0.25, 0.3) is 11.4 Å². The highest BCUT2D eigenvalue weighted by Gasteiger charge is 2.61. The van der Waals surface area contributed by atoms with Gasteiger partial charge in [0.05, 0.1) is 6.04 Å². The van der Waals surface area contributed by atoms with E-state index in [2.05, 4.69) is 26.0 Å². The van der Waals surface area contributed by atoms with Crippen LogP contribution in [0.15, 0.2) is 36.4 Å². The van der Waals surface area contributed by atoms with Gasteiger partial charge in [-0.1, -0.05) is 25.0 Å². The molecule has 3 heterocycles. The van der Waals surface area contributed by atoms with Crippen molar-refractivity contribution in [2.24, 2.45) is 5.92 Å². The van der Waals surface area contributed by atoms with Gasteiger partial charge in [0.1, 0.15) is 29.0 Å². The number of hydrogen-bond acceptors (Lipinski definition) is 8. The second-order valence-corrected chi connectivity index (χ2v) is 12.7. The fraction of sp³-hybridized carbons (Fsp3) is 0.567. The van der Waals surface area contributed by atoms with Gasteiger partial charge in [0.15, 0.2) is 0 Å². The number of rotatable bonds is 4. The molecule has 236 valence electrons.